The van der Waals surface area contributed by atoms with Crippen LogP contribution in [0, 0.1) is 0 Å². The Kier molecular flexibility index (Phi) is 5.16. The molecule has 0 bridgehead atoms. The lowest BCUT2D eigenvalue weighted by Gasteiger charge is -2.21. The maximum absolute atomic E-state index is 5.60. The molecule has 0 saturated carbocycles. The van der Waals surface area contributed by atoms with E-state index in [9.17, 15) is 0 Å². The summed E-state index contributed by atoms with van der Waals surface area (Å²) in [5.41, 5.74) is 1.18. The standard InChI is InChI=1S/C14H22N2O/c1-5-6-10-17-13-12(8-7-9-15-13)11-16-14(2,3)4/h5-9,16H,10-11H2,1-4H3. The maximum Gasteiger partial charge on any atom is 0.218 e. The zero-order chi connectivity index (χ0) is 12.7. The van der Waals surface area contributed by atoms with Crippen molar-refractivity contribution in [2.75, 3.05) is 6.61 Å². The second kappa shape index (κ2) is 6.40. The molecule has 1 heterocycles. The minimum Gasteiger partial charge on any atom is -0.473 e. The molecule has 1 N–H and O–H groups in total. The van der Waals surface area contributed by atoms with Gasteiger partial charge >= 0.3 is 0 Å². The Labute approximate surface area is 104 Å². The summed E-state index contributed by atoms with van der Waals surface area (Å²) in [5, 5.41) is 3.43. The topological polar surface area (TPSA) is 34.1 Å². The van der Waals surface area contributed by atoms with Crippen LogP contribution in [0.2, 0.25) is 0 Å². The number of nitrogens with zero attached hydrogens (tertiary/aromatic N) is 1. The average molecular weight is 234 g/mol. The highest BCUT2D eigenvalue weighted by atomic mass is 16.5. The number of allylic oxidation sites excluding steroid dienone is 1. The van der Waals surface area contributed by atoms with Crippen molar-refractivity contribution in [2.24, 2.45) is 0 Å². The smallest absolute Gasteiger partial charge is 0.218 e. The van der Waals surface area contributed by atoms with E-state index in [0.717, 1.165) is 12.1 Å². The van der Waals surface area contributed by atoms with Gasteiger partial charge in [-0.3, -0.25) is 0 Å². The molecule has 3 heteroatoms. The van der Waals surface area contributed by atoms with Crippen LogP contribution in [0.3, 0.4) is 0 Å². The van der Waals surface area contributed by atoms with Gasteiger partial charge in [0, 0.05) is 23.8 Å². The fourth-order valence-corrected chi connectivity index (χ4v) is 1.27. The van der Waals surface area contributed by atoms with Gasteiger partial charge in [0.05, 0.1) is 0 Å². The second-order valence-corrected chi connectivity index (χ2v) is 4.95. The monoisotopic (exact) mass is 234 g/mol. The lowest BCUT2D eigenvalue weighted by atomic mass is 10.1. The molecule has 0 fully saturated rings. The molecule has 94 valence electrons. The summed E-state index contributed by atoms with van der Waals surface area (Å²) < 4.78 is 5.60. The Morgan fingerprint density at radius 3 is 2.82 bits per heavy atom. The largest absolute Gasteiger partial charge is 0.473 e. The van der Waals surface area contributed by atoms with Crippen LogP contribution in [0.1, 0.15) is 33.3 Å². The number of hydrogen-bond acceptors (Lipinski definition) is 3. The molecule has 0 aliphatic carbocycles. The molecule has 17 heavy (non-hydrogen) atoms. The normalized spacial score (nSPS) is 12.0. The van der Waals surface area contributed by atoms with Crippen molar-refractivity contribution in [3.8, 4) is 5.88 Å². The van der Waals surface area contributed by atoms with Crippen molar-refractivity contribution in [1.82, 2.24) is 10.3 Å². The van der Waals surface area contributed by atoms with Gasteiger partial charge in [-0.15, -0.1) is 0 Å². The highest BCUT2D eigenvalue weighted by Crippen LogP contribution is 2.15. The molecule has 0 radical (unpaired) electrons. The van der Waals surface area contributed by atoms with Gasteiger partial charge in [0.15, 0.2) is 0 Å². The van der Waals surface area contributed by atoms with E-state index in [4.69, 9.17) is 4.74 Å². The summed E-state index contributed by atoms with van der Waals surface area (Å²) in [5.74, 6) is 0.711. The van der Waals surface area contributed by atoms with Crippen molar-refractivity contribution >= 4 is 0 Å². The van der Waals surface area contributed by atoms with Crippen LogP contribution < -0.4 is 10.1 Å². The van der Waals surface area contributed by atoms with Crippen LogP contribution in [0.25, 0.3) is 0 Å². The van der Waals surface area contributed by atoms with Gasteiger partial charge in [-0.05, 0) is 33.8 Å². The quantitative estimate of drug-likeness (QED) is 0.795. The van der Waals surface area contributed by atoms with Crippen LogP contribution in [0.4, 0.5) is 0 Å². The first-order chi connectivity index (χ1) is 8.03. The van der Waals surface area contributed by atoms with Crippen molar-refractivity contribution in [3.63, 3.8) is 0 Å². The van der Waals surface area contributed by atoms with E-state index in [0.29, 0.717) is 12.5 Å². The number of nitrogens with one attached hydrogen (secondary N) is 1. The molecule has 0 spiro atoms. The van der Waals surface area contributed by atoms with Crippen LogP contribution in [-0.2, 0) is 6.54 Å². The van der Waals surface area contributed by atoms with Gasteiger partial charge in [-0.1, -0.05) is 18.2 Å². The molecule has 0 aliphatic heterocycles. The molecule has 1 aromatic heterocycles. The predicted octanol–water partition coefficient (Wildman–Crippen LogP) is 2.92. The lowest BCUT2D eigenvalue weighted by Crippen LogP contribution is -2.35. The highest BCUT2D eigenvalue weighted by Gasteiger charge is 2.11. The van der Waals surface area contributed by atoms with E-state index in [1.807, 2.05) is 31.2 Å². The van der Waals surface area contributed by atoms with Gasteiger partial charge in [0.1, 0.15) is 6.61 Å². The first kappa shape index (κ1) is 13.7. The summed E-state index contributed by atoms with van der Waals surface area (Å²) in [4.78, 5) is 4.26. The highest BCUT2D eigenvalue weighted by molar-refractivity contribution is 5.25. The minimum atomic E-state index is 0.0937. The Morgan fingerprint density at radius 2 is 2.18 bits per heavy atom. The molecule has 1 rings (SSSR count). The Hall–Kier alpha value is -1.35. The van der Waals surface area contributed by atoms with E-state index in [1.54, 1.807) is 6.20 Å². The summed E-state index contributed by atoms with van der Waals surface area (Å²) in [6.07, 6.45) is 5.69. The first-order valence-electron chi connectivity index (χ1n) is 5.96. The van der Waals surface area contributed by atoms with E-state index in [-0.39, 0.29) is 5.54 Å². The van der Waals surface area contributed by atoms with Crippen LogP contribution in [0.5, 0.6) is 5.88 Å². The van der Waals surface area contributed by atoms with Gasteiger partial charge in [-0.25, -0.2) is 4.98 Å². The molecule has 1 aromatic rings. The van der Waals surface area contributed by atoms with Crippen molar-refractivity contribution in [1.29, 1.82) is 0 Å². The number of pyridine rings is 1. The minimum absolute atomic E-state index is 0.0937. The summed E-state index contributed by atoms with van der Waals surface area (Å²) >= 11 is 0. The molecule has 0 amide bonds. The fraction of sp³-hybridized carbons (Fsp3) is 0.500. The number of rotatable bonds is 5. The van der Waals surface area contributed by atoms with E-state index >= 15 is 0 Å². The van der Waals surface area contributed by atoms with Crippen molar-refractivity contribution in [3.05, 3.63) is 36.0 Å². The van der Waals surface area contributed by atoms with Gasteiger partial charge < -0.3 is 10.1 Å². The number of hydrogen-bond donors (Lipinski definition) is 1. The molecule has 3 nitrogen and oxygen atoms in total. The summed E-state index contributed by atoms with van der Waals surface area (Å²) in [6, 6.07) is 3.97. The second-order valence-electron chi connectivity index (χ2n) is 4.95. The van der Waals surface area contributed by atoms with Crippen molar-refractivity contribution < 1.29 is 4.74 Å². The van der Waals surface area contributed by atoms with Crippen LogP contribution in [0.15, 0.2) is 30.5 Å². The molecular formula is C14H22N2O. The number of ether oxygens (including phenoxy) is 1. The zero-order valence-corrected chi connectivity index (χ0v) is 11.2. The molecule has 0 aliphatic rings. The third kappa shape index (κ3) is 5.50. The third-order valence-corrected chi connectivity index (χ3v) is 2.21. The predicted molar refractivity (Wildman–Crippen MR) is 71.1 cm³/mol. The van der Waals surface area contributed by atoms with Gasteiger partial charge in [-0.2, -0.15) is 0 Å². The average Bonchev–Trinajstić information content (AvgIpc) is 2.27. The van der Waals surface area contributed by atoms with Crippen LogP contribution >= 0.6 is 0 Å². The Balaban J connectivity index is 2.64. The van der Waals surface area contributed by atoms with Gasteiger partial charge in [0.25, 0.3) is 0 Å². The maximum atomic E-state index is 5.60. The Morgan fingerprint density at radius 1 is 1.41 bits per heavy atom. The fourth-order valence-electron chi connectivity index (χ4n) is 1.27. The molecule has 0 saturated heterocycles. The summed E-state index contributed by atoms with van der Waals surface area (Å²) in [6.45, 7) is 9.74. The molecule has 0 unspecified atom stereocenters. The van der Waals surface area contributed by atoms with E-state index in [2.05, 4.69) is 31.1 Å². The molecular weight excluding hydrogens is 212 g/mol. The lowest BCUT2D eigenvalue weighted by molar-refractivity contribution is 0.338. The molecule has 0 atom stereocenters. The SMILES string of the molecule is CC=CCOc1ncccc1CNC(C)(C)C. The number of aromatic nitrogens is 1. The first-order valence-corrected chi connectivity index (χ1v) is 5.96. The molecule has 0 aromatic carbocycles. The van der Waals surface area contributed by atoms with Gasteiger partial charge in [0.2, 0.25) is 5.88 Å². The Bertz CT molecular complexity index is 367. The third-order valence-electron chi connectivity index (χ3n) is 2.21. The van der Waals surface area contributed by atoms with Crippen LogP contribution in [-0.4, -0.2) is 17.1 Å². The van der Waals surface area contributed by atoms with Crippen molar-refractivity contribution in [2.45, 2.75) is 39.8 Å². The summed E-state index contributed by atoms with van der Waals surface area (Å²) in [7, 11) is 0. The zero-order valence-electron chi connectivity index (χ0n) is 11.2. The van der Waals surface area contributed by atoms with E-state index in [1.165, 1.54) is 0 Å². The van der Waals surface area contributed by atoms with E-state index < -0.39 is 0 Å².